The molecule has 1 aromatic heterocycles. The normalized spacial score (nSPS) is 10.2. The molecule has 106 valence electrons. The Balaban J connectivity index is 2.02. The van der Waals surface area contributed by atoms with Gasteiger partial charge in [0, 0.05) is 18.3 Å². The number of unbranched alkanes of at least 4 members (excludes halogenated alkanes) is 3. The van der Waals surface area contributed by atoms with E-state index in [9.17, 15) is 9.59 Å². The first-order chi connectivity index (χ1) is 9.13. The summed E-state index contributed by atoms with van der Waals surface area (Å²) in [5.41, 5.74) is 2.02. The van der Waals surface area contributed by atoms with Crippen molar-refractivity contribution in [2.24, 2.45) is 0 Å². The van der Waals surface area contributed by atoms with E-state index in [1.54, 1.807) is 10.9 Å². The van der Waals surface area contributed by atoms with Gasteiger partial charge in [-0.3, -0.25) is 14.8 Å². The third-order valence-corrected chi connectivity index (χ3v) is 3.81. The van der Waals surface area contributed by atoms with Crippen molar-refractivity contribution in [2.45, 2.75) is 32.1 Å². The van der Waals surface area contributed by atoms with Gasteiger partial charge >= 0.3 is 0 Å². The predicted octanol–water partition coefficient (Wildman–Crippen LogP) is 2.09. The average Bonchev–Trinajstić information content (AvgIpc) is 2.83. The number of hydrogen-bond acceptors (Lipinski definition) is 5. The molecule has 0 saturated heterocycles. The fourth-order valence-electron chi connectivity index (χ4n) is 1.47. The number of nitrogens with one attached hydrogen (secondary N) is 2. The molecule has 0 bridgehead atoms. The summed E-state index contributed by atoms with van der Waals surface area (Å²) in [5.74, 6) is -0.524. The highest BCUT2D eigenvalue weighted by molar-refractivity contribution is 9.11. The molecule has 0 aliphatic heterocycles. The zero-order valence-corrected chi connectivity index (χ0v) is 12.7. The minimum absolute atomic E-state index is 0.165. The molecule has 0 aliphatic rings. The molecule has 1 heterocycles. The van der Waals surface area contributed by atoms with Crippen LogP contribution in [0.2, 0.25) is 0 Å². The third kappa shape index (κ3) is 6.65. The molecule has 0 aromatic carbocycles. The van der Waals surface area contributed by atoms with E-state index in [-0.39, 0.29) is 11.8 Å². The van der Waals surface area contributed by atoms with Crippen LogP contribution in [0.1, 0.15) is 42.6 Å². The molecule has 0 atom stereocenters. The first-order valence-corrected chi connectivity index (χ1v) is 7.63. The summed E-state index contributed by atoms with van der Waals surface area (Å²) in [6.45, 7) is 0.597. The number of carbonyl (C=O) groups is 2. The zero-order chi connectivity index (χ0) is 14.1. The van der Waals surface area contributed by atoms with Gasteiger partial charge in [0.2, 0.25) is 5.91 Å². The highest BCUT2D eigenvalue weighted by atomic mass is 79.9. The van der Waals surface area contributed by atoms with E-state index in [2.05, 4.69) is 26.2 Å². The van der Waals surface area contributed by atoms with Crippen LogP contribution in [0.5, 0.6) is 0 Å². The lowest BCUT2D eigenvalue weighted by Gasteiger charge is -2.03. The van der Waals surface area contributed by atoms with Gasteiger partial charge in [0.15, 0.2) is 3.92 Å². The fraction of sp³-hybridized carbons (Fsp3) is 0.545. The maximum absolute atomic E-state index is 11.6. The molecule has 1 aromatic rings. The lowest BCUT2D eigenvalue weighted by molar-refractivity contribution is -0.129. The van der Waals surface area contributed by atoms with Crippen molar-refractivity contribution in [2.75, 3.05) is 6.54 Å². The number of halogens is 1. The van der Waals surface area contributed by atoms with Gasteiger partial charge in [0.25, 0.3) is 5.91 Å². The lowest BCUT2D eigenvalue weighted by atomic mass is 10.1. The summed E-state index contributed by atoms with van der Waals surface area (Å²) >= 11 is 4.58. The van der Waals surface area contributed by atoms with Crippen molar-refractivity contribution in [3.8, 4) is 0 Å². The Labute approximate surface area is 123 Å². The topological polar surface area (TPSA) is 91.3 Å². The lowest BCUT2D eigenvalue weighted by Crippen LogP contribution is -2.24. The summed E-state index contributed by atoms with van der Waals surface area (Å²) in [7, 11) is 0. The molecule has 2 amide bonds. The molecule has 0 saturated carbocycles. The number of carbonyl (C=O) groups excluding carboxylic acids is 2. The number of nitrogens with zero attached hydrogens (tertiary/aromatic N) is 1. The van der Waals surface area contributed by atoms with Gasteiger partial charge in [-0.05, 0) is 28.8 Å². The Hall–Kier alpha value is -0.990. The van der Waals surface area contributed by atoms with Crippen LogP contribution in [0.4, 0.5) is 0 Å². The van der Waals surface area contributed by atoms with Crippen LogP contribution in [0.25, 0.3) is 0 Å². The molecule has 19 heavy (non-hydrogen) atoms. The van der Waals surface area contributed by atoms with E-state index in [1.807, 2.05) is 0 Å². The van der Waals surface area contributed by atoms with E-state index in [4.69, 9.17) is 5.21 Å². The van der Waals surface area contributed by atoms with E-state index in [0.717, 1.165) is 25.7 Å². The quantitative estimate of drug-likeness (QED) is 0.380. The second-order valence-electron chi connectivity index (χ2n) is 3.94. The number of hydroxylamine groups is 1. The number of amides is 2. The Kier molecular flexibility index (Phi) is 7.61. The van der Waals surface area contributed by atoms with Crippen molar-refractivity contribution in [3.63, 3.8) is 0 Å². The van der Waals surface area contributed by atoms with Gasteiger partial charge in [-0.1, -0.05) is 12.8 Å². The molecule has 3 N–H and O–H groups in total. The first-order valence-electron chi connectivity index (χ1n) is 5.95. The summed E-state index contributed by atoms with van der Waals surface area (Å²) in [4.78, 5) is 26.4. The summed E-state index contributed by atoms with van der Waals surface area (Å²) < 4.78 is 0.694. The van der Waals surface area contributed by atoms with E-state index >= 15 is 0 Å². The highest BCUT2D eigenvalue weighted by Gasteiger charge is 2.08. The van der Waals surface area contributed by atoms with Crippen LogP contribution in [0.3, 0.4) is 0 Å². The van der Waals surface area contributed by atoms with Crippen LogP contribution in [0.15, 0.2) is 9.30 Å². The Morgan fingerprint density at radius 1 is 1.32 bits per heavy atom. The number of thiazole rings is 1. The molecule has 8 heteroatoms. The Morgan fingerprint density at radius 2 is 2.05 bits per heavy atom. The fourth-order valence-corrected chi connectivity index (χ4v) is 2.46. The van der Waals surface area contributed by atoms with Crippen molar-refractivity contribution in [1.82, 2.24) is 15.8 Å². The maximum atomic E-state index is 11.6. The average molecular weight is 350 g/mol. The minimum Gasteiger partial charge on any atom is -0.351 e. The molecule has 0 fully saturated rings. The standard InChI is InChI=1S/C11H16BrN3O3S/c12-11-14-8(7-19-11)10(17)13-6-4-2-1-3-5-9(16)15-18/h7,18H,1-6H2,(H,13,17)(H,15,16). The van der Waals surface area contributed by atoms with Crippen molar-refractivity contribution in [3.05, 3.63) is 15.0 Å². The molecular weight excluding hydrogens is 334 g/mol. The Morgan fingerprint density at radius 3 is 2.68 bits per heavy atom. The van der Waals surface area contributed by atoms with Crippen LogP contribution in [-0.2, 0) is 4.79 Å². The monoisotopic (exact) mass is 349 g/mol. The van der Waals surface area contributed by atoms with Crippen LogP contribution >= 0.6 is 27.3 Å². The van der Waals surface area contributed by atoms with Gasteiger partial charge in [-0.2, -0.15) is 0 Å². The molecule has 0 aliphatic carbocycles. The third-order valence-electron chi connectivity index (χ3n) is 2.45. The maximum Gasteiger partial charge on any atom is 0.270 e. The van der Waals surface area contributed by atoms with Crippen molar-refractivity contribution in [1.29, 1.82) is 0 Å². The van der Waals surface area contributed by atoms with E-state index in [0.29, 0.717) is 22.6 Å². The molecule has 0 radical (unpaired) electrons. The SMILES string of the molecule is O=C(CCCCCCNC(=O)c1csc(Br)n1)NO. The summed E-state index contributed by atoms with van der Waals surface area (Å²) in [6, 6.07) is 0. The van der Waals surface area contributed by atoms with E-state index < -0.39 is 0 Å². The largest absolute Gasteiger partial charge is 0.351 e. The second kappa shape index (κ2) is 9.00. The van der Waals surface area contributed by atoms with Gasteiger partial charge in [-0.15, -0.1) is 11.3 Å². The van der Waals surface area contributed by atoms with Gasteiger partial charge in [-0.25, -0.2) is 10.5 Å². The smallest absolute Gasteiger partial charge is 0.270 e. The highest BCUT2D eigenvalue weighted by Crippen LogP contribution is 2.15. The number of rotatable bonds is 8. The predicted molar refractivity (Wildman–Crippen MR) is 75.2 cm³/mol. The van der Waals surface area contributed by atoms with Gasteiger partial charge in [0.05, 0.1) is 0 Å². The molecule has 6 nitrogen and oxygen atoms in total. The van der Waals surface area contributed by atoms with Gasteiger partial charge < -0.3 is 5.32 Å². The van der Waals surface area contributed by atoms with Crippen LogP contribution in [-0.4, -0.2) is 28.6 Å². The molecule has 0 unspecified atom stereocenters. The molecule has 1 rings (SSSR count). The number of aromatic nitrogens is 1. The van der Waals surface area contributed by atoms with Crippen LogP contribution in [0, 0.1) is 0 Å². The first kappa shape index (κ1) is 16.1. The molecule has 0 spiro atoms. The van der Waals surface area contributed by atoms with Crippen molar-refractivity contribution >= 4 is 39.1 Å². The van der Waals surface area contributed by atoms with Crippen LogP contribution < -0.4 is 10.8 Å². The van der Waals surface area contributed by atoms with E-state index in [1.165, 1.54) is 11.3 Å². The zero-order valence-electron chi connectivity index (χ0n) is 10.3. The Bertz CT molecular complexity index is 425. The summed E-state index contributed by atoms with van der Waals surface area (Å²) in [6.07, 6.45) is 3.75. The second-order valence-corrected chi connectivity index (χ2v) is 6.07. The van der Waals surface area contributed by atoms with Crippen molar-refractivity contribution < 1.29 is 14.8 Å². The number of hydrogen-bond donors (Lipinski definition) is 3. The minimum atomic E-state index is -0.359. The summed E-state index contributed by atoms with van der Waals surface area (Å²) in [5, 5.41) is 12.8. The van der Waals surface area contributed by atoms with Gasteiger partial charge in [0.1, 0.15) is 5.69 Å². The molecular formula is C11H16BrN3O3S.